The predicted molar refractivity (Wildman–Crippen MR) is 86.9 cm³/mol. The van der Waals surface area contributed by atoms with Crippen molar-refractivity contribution in [1.29, 1.82) is 0 Å². The molecule has 118 valence electrons. The second-order valence-electron chi connectivity index (χ2n) is 6.31. The largest absolute Gasteiger partial charge is 0.469 e. The molecule has 1 aromatic carbocycles. The van der Waals surface area contributed by atoms with Crippen molar-refractivity contribution in [1.82, 2.24) is 5.32 Å². The number of ether oxygens (including phenoxy) is 1. The van der Waals surface area contributed by atoms with Gasteiger partial charge in [0.15, 0.2) is 0 Å². The van der Waals surface area contributed by atoms with Gasteiger partial charge in [0.1, 0.15) is 0 Å². The molecule has 3 heteroatoms. The highest BCUT2D eigenvalue weighted by atomic mass is 16.5. The number of hydrogen-bond acceptors (Lipinski definition) is 3. The van der Waals surface area contributed by atoms with E-state index in [4.69, 9.17) is 4.74 Å². The molecule has 0 saturated carbocycles. The summed E-state index contributed by atoms with van der Waals surface area (Å²) >= 11 is 0. The minimum atomic E-state index is -0.141. The van der Waals surface area contributed by atoms with E-state index in [1.165, 1.54) is 19.1 Å². The van der Waals surface area contributed by atoms with Crippen molar-refractivity contribution >= 4 is 5.97 Å². The molecule has 0 aliphatic rings. The van der Waals surface area contributed by atoms with Crippen LogP contribution in [-0.2, 0) is 16.1 Å². The molecule has 0 saturated heterocycles. The van der Waals surface area contributed by atoms with Gasteiger partial charge in [0.25, 0.3) is 0 Å². The van der Waals surface area contributed by atoms with Gasteiger partial charge in [-0.15, -0.1) is 0 Å². The molecule has 3 nitrogen and oxygen atoms in total. The standard InChI is InChI=1S/C18H29NO2/c1-14(2)10-15(3)11-17(12-18(20)21-4)19-13-16-8-6-5-7-9-16/h5-9,14-15,17,19H,10-13H2,1-4H3. The topological polar surface area (TPSA) is 38.3 Å². The zero-order valence-electron chi connectivity index (χ0n) is 13.8. The van der Waals surface area contributed by atoms with E-state index in [0.29, 0.717) is 18.3 Å². The second-order valence-corrected chi connectivity index (χ2v) is 6.31. The van der Waals surface area contributed by atoms with Crippen molar-refractivity contribution < 1.29 is 9.53 Å². The number of esters is 1. The first-order valence-electron chi connectivity index (χ1n) is 7.85. The van der Waals surface area contributed by atoms with Crippen molar-refractivity contribution in [2.75, 3.05) is 7.11 Å². The first kappa shape index (κ1) is 17.7. The number of carbonyl (C=O) groups excluding carboxylic acids is 1. The van der Waals surface area contributed by atoms with Gasteiger partial charge in [0.2, 0.25) is 0 Å². The summed E-state index contributed by atoms with van der Waals surface area (Å²) in [5, 5.41) is 3.50. The average Bonchev–Trinajstić information content (AvgIpc) is 2.44. The molecule has 0 aliphatic heterocycles. The molecular formula is C18H29NO2. The third kappa shape index (κ3) is 7.86. The third-order valence-electron chi connectivity index (χ3n) is 3.64. The maximum atomic E-state index is 11.6. The number of carbonyl (C=O) groups is 1. The number of methoxy groups -OCH3 is 1. The van der Waals surface area contributed by atoms with Crippen LogP contribution in [-0.4, -0.2) is 19.1 Å². The van der Waals surface area contributed by atoms with Gasteiger partial charge >= 0.3 is 5.97 Å². The van der Waals surface area contributed by atoms with E-state index in [1.807, 2.05) is 18.2 Å². The smallest absolute Gasteiger partial charge is 0.307 e. The summed E-state index contributed by atoms with van der Waals surface area (Å²) < 4.78 is 4.82. The van der Waals surface area contributed by atoms with Crippen LogP contribution in [0.5, 0.6) is 0 Å². The molecule has 21 heavy (non-hydrogen) atoms. The van der Waals surface area contributed by atoms with Gasteiger partial charge in [-0.2, -0.15) is 0 Å². The molecule has 0 heterocycles. The second kappa shape index (κ2) is 9.56. The molecule has 0 aliphatic carbocycles. The highest BCUT2D eigenvalue weighted by Gasteiger charge is 2.17. The first-order chi connectivity index (χ1) is 10.0. The zero-order valence-corrected chi connectivity index (χ0v) is 13.8. The van der Waals surface area contributed by atoms with Crippen LogP contribution in [0.1, 0.15) is 45.6 Å². The Kier molecular flexibility index (Phi) is 8.06. The lowest BCUT2D eigenvalue weighted by Gasteiger charge is -2.22. The van der Waals surface area contributed by atoms with Gasteiger partial charge < -0.3 is 10.1 Å². The minimum absolute atomic E-state index is 0.141. The van der Waals surface area contributed by atoms with Crippen LogP contribution in [0, 0.1) is 11.8 Å². The zero-order chi connectivity index (χ0) is 15.7. The Balaban J connectivity index is 2.53. The Bertz CT molecular complexity index is 403. The Morgan fingerprint density at radius 1 is 1.14 bits per heavy atom. The van der Waals surface area contributed by atoms with Crippen molar-refractivity contribution in [3.63, 3.8) is 0 Å². The fourth-order valence-corrected chi connectivity index (χ4v) is 2.77. The van der Waals surface area contributed by atoms with Gasteiger partial charge in [-0.25, -0.2) is 0 Å². The number of hydrogen-bond donors (Lipinski definition) is 1. The minimum Gasteiger partial charge on any atom is -0.469 e. The van der Waals surface area contributed by atoms with Gasteiger partial charge in [-0.1, -0.05) is 51.1 Å². The van der Waals surface area contributed by atoms with Crippen LogP contribution in [0.2, 0.25) is 0 Å². The van der Waals surface area contributed by atoms with Crippen LogP contribution in [0.4, 0.5) is 0 Å². The highest BCUT2D eigenvalue weighted by Crippen LogP contribution is 2.18. The van der Waals surface area contributed by atoms with Gasteiger partial charge in [0.05, 0.1) is 13.5 Å². The molecule has 2 unspecified atom stereocenters. The third-order valence-corrected chi connectivity index (χ3v) is 3.64. The van der Waals surface area contributed by atoms with Crippen molar-refractivity contribution in [3.8, 4) is 0 Å². The van der Waals surface area contributed by atoms with E-state index in [1.54, 1.807) is 0 Å². The first-order valence-corrected chi connectivity index (χ1v) is 7.85. The maximum Gasteiger partial charge on any atom is 0.307 e. The van der Waals surface area contributed by atoms with Crippen LogP contribution in [0.25, 0.3) is 0 Å². The molecule has 1 aromatic rings. The fourth-order valence-electron chi connectivity index (χ4n) is 2.77. The summed E-state index contributed by atoms with van der Waals surface area (Å²) in [4.78, 5) is 11.6. The molecule has 0 spiro atoms. The van der Waals surface area contributed by atoms with Crippen LogP contribution in [0.15, 0.2) is 30.3 Å². The summed E-state index contributed by atoms with van der Waals surface area (Å²) in [5.74, 6) is 1.15. The Morgan fingerprint density at radius 3 is 2.38 bits per heavy atom. The Hall–Kier alpha value is -1.35. The molecule has 1 rings (SSSR count). The number of benzene rings is 1. The maximum absolute atomic E-state index is 11.6. The van der Waals surface area contributed by atoms with Gasteiger partial charge in [-0.05, 0) is 30.2 Å². The van der Waals surface area contributed by atoms with Crippen LogP contribution >= 0.6 is 0 Å². The molecule has 0 bridgehead atoms. The molecule has 0 aromatic heterocycles. The van der Waals surface area contributed by atoms with E-state index in [0.717, 1.165) is 13.0 Å². The predicted octanol–water partition coefficient (Wildman–Crippen LogP) is 3.78. The van der Waals surface area contributed by atoms with E-state index >= 15 is 0 Å². The van der Waals surface area contributed by atoms with Crippen LogP contribution in [0.3, 0.4) is 0 Å². The number of rotatable bonds is 9. The normalized spacial score (nSPS) is 14.0. The molecule has 0 amide bonds. The molecule has 0 radical (unpaired) electrons. The van der Waals surface area contributed by atoms with E-state index in [-0.39, 0.29) is 12.0 Å². The lowest BCUT2D eigenvalue weighted by Crippen LogP contribution is -2.33. The van der Waals surface area contributed by atoms with Gasteiger partial charge in [0, 0.05) is 12.6 Å². The molecule has 0 fully saturated rings. The van der Waals surface area contributed by atoms with E-state index in [9.17, 15) is 4.79 Å². The lowest BCUT2D eigenvalue weighted by molar-refractivity contribution is -0.141. The van der Waals surface area contributed by atoms with Crippen molar-refractivity contribution in [2.24, 2.45) is 11.8 Å². The molecule has 2 atom stereocenters. The average molecular weight is 291 g/mol. The van der Waals surface area contributed by atoms with Crippen molar-refractivity contribution in [3.05, 3.63) is 35.9 Å². The summed E-state index contributed by atoms with van der Waals surface area (Å²) in [6.45, 7) is 7.53. The Labute approximate surface area is 129 Å². The summed E-state index contributed by atoms with van der Waals surface area (Å²) in [5.41, 5.74) is 1.24. The lowest BCUT2D eigenvalue weighted by atomic mass is 9.91. The molecule has 1 N–H and O–H groups in total. The summed E-state index contributed by atoms with van der Waals surface area (Å²) in [6.07, 6.45) is 2.62. The molecular weight excluding hydrogens is 262 g/mol. The SMILES string of the molecule is COC(=O)CC(CC(C)CC(C)C)NCc1ccccc1. The monoisotopic (exact) mass is 291 g/mol. The summed E-state index contributed by atoms with van der Waals surface area (Å²) in [6, 6.07) is 10.5. The van der Waals surface area contributed by atoms with Gasteiger partial charge in [-0.3, -0.25) is 4.79 Å². The Morgan fingerprint density at radius 2 is 1.81 bits per heavy atom. The summed E-state index contributed by atoms with van der Waals surface area (Å²) in [7, 11) is 1.45. The fraction of sp³-hybridized carbons (Fsp3) is 0.611. The van der Waals surface area contributed by atoms with Crippen molar-refractivity contribution in [2.45, 2.75) is 52.6 Å². The van der Waals surface area contributed by atoms with E-state index in [2.05, 4.69) is 38.2 Å². The quantitative estimate of drug-likeness (QED) is 0.704. The van der Waals surface area contributed by atoms with E-state index < -0.39 is 0 Å². The number of nitrogens with one attached hydrogen (secondary N) is 1. The van der Waals surface area contributed by atoms with Crippen LogP contribution < -0.4 is 5.32 Å². The highest BCUT2D eigenvalue weighted by molar-refractivity contribution is 5.69.